The van der Waals surface area contributed by atoms with E-state index in [0.29, 0.717) is 106 Å². The predicted octanol–water partition coefficient (Wildman–Crippen LogP) is 13.6. The van der Waals surface area contributed by atoms with Crippen LogP contribution in [0, 0.1) is 45.8 Å². The second-order valence-electron chi connectivity index (χ2n) is 38.9. The SMILES string of the molecule is CCC(=O)[C@@H]1C[C@]23CNC(=O)C[C@H](C)CCCCc4cc(CC(C)C)cc5c(C(C)=O)nn(c45)CC(=O)N1[C@@H]2C3.CCC(=O)[C@@H]1C[C@]23CNC(=O)C[C@H](C)CCCCc4cc(NC)cc5c(C(C)=O)nn(c45)CC(=O)N1[C@@H]2C3.CCC(=O)[C@@H]1C[C@]23CNC(=O)C[C@H](C)CCCCc4cc(NCC5CCCCC5)cc5c(C(C)=O)nn(c45)CC(=O)N1[C@@H]2C3. The molecule has 3 saturated heterocycles. The van der Waals surface area contributed by atoms with Gasteiger partial charge in [0.25, 0.3) is 0 Å². The summed E-state index contributed by atoms with van der Waals surface area (Å²) >= 11 is 0. The number of aromatic nitrogens is 6. The number of carbonyl (C=O) groups excluding carboxylic acids is 12. The lowest BCUT2D eigenvalue weighted by atomic mass is 9.89. The van der Waals surface area contributed by atoms with E-state index in [1.54, 1.807) is 35.7 Å². The molecular weight excluding hydrogens is 1540 g/mol. The fraction of sp³-hybridized carbons (Fsp3) is 0.656. The molecule has 0 spiro atoms. The van der Waals surface area contributed by atoms with Gasteiger partial charge in [-0.25, -0.2) is 0 Å². The van der Waals surface area contributed by atoms with Gasteiger partial charge >= 0.3 is 0 Å². The Kier molecular flexibility index (Phi) is 27.0. The van der Waals surface area contributed by atoms with Gasteiger partial charge in [0.1, 0.15) is 36.7 Å². The highest BCUT2D eigenvalue weighted by atomic mass is 16.2. The summed E-state index contributed by atoms with van der Waals surface area (Å²) in [5.74, 6) is 1.44. The van der Waals surface area contributed by atoms with E-state index in [0.717, 1.165) is 170 Å². The highest BCUT2D eigenvalue weighted by Gasteiger charge is 2.69. The van der Waals surface area contributed by atoms with E-state index in [4.69, 9.17) is 10.2 Å². The maximum absolute atomic E-state index is 14.1. The molecule has 658 valence electrons. The molecule has 6 aromatic rings. The third-order valence-electron chi connectivity index (χ3n) is 28.9. The average molecular weight is 1670 g/mol. The van der Waals surface area contributed by atoms with Crippen molar-refractivity contribution in [2.75, 3.05) is 43.9 Å². The molecule has 0 radical (unpaired) electrons. The second-order valence-corrected chi connectivity index (χ2v) is 38.9. The second kappa shape index (κ2) is 37.1. The van der Waals surface area contributed by atoms with Crippen LogP contribution in [-0.2, 0) is 88.5 Å². The molecule has 122 heavy (non-hydrogen) atoms. The zero-order valence-corrected chi connectivity index (χ0v) is 74.4. The molecule has 9 heterocycles. The van der Waals surface area contributed by atoms with Gasteiger partial charge in [0.05, 0.1) is 34.7 Å². The highest BCUT2D eigenvalue weighted by molar-refractivity contribution is 6.09. The molecule has 10 aliphatic rings. The molecule has 6 aliphatic heterocycles. The van der Waals surface area contributed by atoms with Gasteiger partial charge in [-0.1, -0.05) is 119 Å². The van der Waals surface area contributed by atoms with E-state index in [1.807, 2.05) is 40.0 Å². The number of carbonyl (C=O) groups is 12. The van der Waals surface area contributed by atoms with Crippen molar-refractivity contribution in [1.29, 1.82) is 0 Å². The number of aryl methyl sites for hydroxylation is 3. The summed E-state index contributed by atoms with van der Waals surface area (Å²) in [4.78, 5) is 163. The summed E-state index contributed by atoms with van der Waals surface area (Å²) in [5.41, 5.74) is 9.29. The number of rotatable bonds is 15. The molecule has 3 aromatic carbocycles. The van der Waals surface area contributed by atoms with Crippen LogP contribution in [0.25, 0.3) is 32.7 Å². The minimum absolute atomic E-state index is 0.0101. The van der Waals surface area contributed by atoms with Crippen molar-refractivity contribution in [2.45, 2.75) is 325 Å². The Morgan fingerprint density at radius 1 is 0.443 bits per heavy atom. The fourth-order valence-electron chi connectivity index (χ4n) is 22.1. The zero-order chi connectivity index (χ0) is 87.0. The van der Waals surface area contributed by atoms with Crippen molar-refractivity contribution in [2.24, 2.45) is 45.8 Å². The fourth-order valence-corrected chi connectivity index (χ4v) is 22.1. The summed E-state index contributed by atoms with van der Waals surface area (Å²) in [6.07, 6.45) is 25.0. The number of amides is 6. The molecule has 0 unspecified atom stereocenters. The van der Waals surface area contributed by atoms with Gasteiger partial charge in [-0.2, -0.15) is 15.3 Å². The number of nitrogens with one attached hydrogen (secondary N) is 5. The number of benzene rings is 3. The lowest BCUT2D eigenvalue weighted by Crippen LogP contribution is -2.44. The predicted molar refractivity (Wildman–Crippen MR) is 470 cm³/mol. The smallest absolute Gasteiger partial charge is 0.245 e. The van der Waals surface area contributed by atoms with E-state index in [-0.39, 0.29) is 142 Å². The maximum atomic E-state index is 14.1. The number of anilines is 2. The third kappa shape index (κ3) is 18.9. The maximum Gasteiger partial charge on any atom is 0.245 e. The minimum Gasteiger partial charge on any atom is -0.388 e. The van der Waals surface area contributed by atoms with Gasteiger partial charge < -0.3 is 41.3 Å². The van der Waals surface area contributed by atoms with Gasteiger partial charge in [0.2, 0.25) is 35.4 Å². The van der Waals surface area contributed by atoms with Crippen molar-refractivity contribution >= 4 is 114 Å². The Morgan fingerprint density at radius 3 is 1.12 bits per heavy atom. The monoisotopic (exact) mass is 1670 g/mol. The van der Waals surface area contributed by atoms with E-state index >= 15 is 0 Å². The molecular formula is C96H132N14O12. The molecule has 7 fully saturated rings. The summed E-state index contributed by atoms with van der Waals surface area (Å²) in [6, 6.07) is 10.9. The lowest BCUT2D eigenvalue weighted by Gasteiger charge is -2.26. The quantitative estimate of drug-likeness (QED) is 0.0596. The van der Waals surface area contributed by atoms with Crippen molar-refractivity contribution in [3.63, 3.8) is 0 Å². The molecule has 16 rings (SSSR count). The lowest BCUT2D eigenvalue weighted by molar-refractivity contribution is -0.139. The van der Waals surface area contributed by atoms with Gasteiger partial charge in [-0.3, -0.25) is 71.6 Å². The summed E-state index contributed by atoms with van der Waals surface area (Å²) in [7, 11) is 1.85. The van der Waals surface area contributed by atoms with Crippen molar-refractivity contribution < 1.29 is 57.5 Å². The number of nitrogens with zero attached hydrogens (tertiary/aromatic N) is 9. The average Bonchev–Trinajstić information content (AvgIpc) is 1.54. The van der Waals surface area contributed by atoms with E-state index < -0.39 is 18.1 Å². The van der Waals surface area contributed by atoms with Crippen molar-refractivity contribution in [3.8, 4) is 0 Å². The highest BCUT2D eigenvalue weighted by Crippen LogP contribution is 2.62. The first-order chi connectivity index (χ1) is 58.4. The van der Waals surface area contributed by atoms with Crippen molar-refractivity contribution in [3.05, 3.63) is 75.7 Å². The zero-order valence-electron chi connectivity index (χ0n) is 74.4. The Morgan fingerprint density at radius 2 is 0.779 bits per heavy atom. The largest absolute Gasteiger partial charge is 0.388 e. The van der Waals surface area contributed by atoms with Gasteiger partial charge in [0.15, 0.2) is 34.7 Å². The molecule has 26 nitrogen and oxygen atoms in total. The number of ketones is 6. The van der Waals surface area contributed by atoms with Crippen LogP contribution in [0.5, 0.6) is 0 Å². The Hall–Kier alpha value is -9.49. The van der Waals surface area contributed by atoms with Gasteiger partial charge in [-0.05, 0) is 178 Å². The van der Waals surface area contributed by atoms with Crippen molar-refractivity contribution in [1.82, 2.24) is 60.0 Å². The first kappa shape index (κ1) is 88.8. The van der Waals surface area contributed by atoms with Crippen LogP contribution < -0.4 is 26.6 Å². The number of hydrogen-bond donors (Lipinski definition) is 5. The van der Waals surface area contributed by atoms with Crippen LogP contribution in [0.2, 0.25) is 0 Å². The number of hydrogen-bond acceptors (Lipinski definition) is 17. The molecule has 6 bridgehead atoms. The summed E-state index contributed by atoms with van der Waals surface area (Å²) in [6.45, 7) is 23.2. The van der Waals surface area contributed by atoms with Crippen LogP contribution in [0.15, 0.2) is 36.4 Å². The third-order valence-corrected chi connectivity index (χ3v) is 28.9. The first-order valence-electron chi connectivity index (χ1n) is 46.2. The summed E-state index contributed by atoms with van der Waals surface area (Å²) < 4.78 is 5.13. The molecule has 4 aliphatic carbocycles. The number of piperidine rings is 3. The molecule has 6 amide bonds. The molecule has 12 atom stereocenters. The van der Waals surface area contributed by atoms with Crippen LogP contribution in [0.4, 0.5) is 11.4 Å². The van der Waals surface area contributed by atoms with Crippen LogP contribution >= 0.6 is 0 Å². The van der Waals surface area contributed by atoms with Crippen LogP contribution in [0.1, 0.15) is 297 Å². The van der Waals surface area contributed by atoms with E-state index in [1.165, 1.54) is 51.5 Å². The van der Waals surface area contributed by atoms with Gasteiger partial charge in [-0.15, -0.1) is 0 Å². The van der Waals surface area contributed by atoms with E-state index in [2.05, 4.69) is 90.6 Å². The van der Waals surface area contributed by atoms with Gasteiger partial charge in [0, 0.05) is 154 Å². The Balaban J connectivity index is 0.000000150. The Bertz CT molecular complexity index is 5070. The topological polar surface area (TPSA) is 328 Å². The standard InChI is InChI=1S/C35H49N5O4.C32H44N4O4.C29H39N5O4/c1-4-29(42)28-17-35-18-30(35)40(28)32(44)20-39-34-25(13-9-8-10-22(2)14-31(43)37-21-35)15-26(16-27(34)33(38-39)23(3)41)36-19-24-11-6-5-7-12-24;1-6-26(38)25-15-32-16-27(32)36(25)29(40)17-35-31-23(10-8-7-9-20(4)12-28(39)33-18-32)13-22(11-19(2)3)14-24(31)30(34-35)21(5)37;1-5-23(36)22-13-29-14-24(29)34(22)26(38)15-33-28-19(9-7-6-8-17(2)10-25(37)31-16-29)11-20(30-4)12-21(28)27(32-33)18(3)35/h15-16,22,24,28,30,36H,4-14,17-21H2,1-3H3,(H,37,43);13-14,19-20,25,27H,6-12,15-18H2,1-5H3,(H,33,39);11-12,17,22,24,30H,5-10,13-16H2,1-4H3,(H,31,37)/t22-,28+,30-,35+;20-,25+,27-,32+;17-,22+,24-,29+/m111/s1. The van der Waals surface area contributed by atoms with E-state index in [9.17, 15) is 57.5 Å². The minimum atomic E-state index is -0.481. The molecule has 5 N–H and O–H groups in total. The normalized spacial score (nSPS) is 27.9. The number of Topliss-reactive ketones (excluding diaryl/α,β-unsaturated/α-hetero) is 6. The van der Waals surface area contributed by atoms with Crippen LogP contribution in [0.3, 0.4) is 0 Å². The first-order valence-corrected chi connectivity index (χ1v) is 46.2. The molecule has 4 saturated carbocycles. The Labute approximate surface area is 718 Å². The van der Waals surface area contributed by atoms with Crippen LogP contribution in [-0.4, -0.2) is 184 Å². The summed E-state index contributed by atoms with van der Waals surface area (Å²) in [5, 5.41) is 32.7. The molecule has 26 heteroatoms. The molecule has 3 aromatic heterocycles.